The van der Waals surface area contributed by atoms with Gasteiger partial charge in [0.15, 0.2) is 0 Å². The molecule has 1 N–H and O–H groups in total. The third kappa shape index (κ3) is 4.96. The Morgan fingerprint density at radius 1 is 0.923 bits per heavy atom. The Bertz CT molecular complexity index is 857. The molecule has 3 heteroatoms. The van der Waals surface area contributed by atoms with Gasteiger partial charge in [-0.1, -0.05) is 49.4 Å². The van der Waals surface area contributed by atoms with E-state index in [1.165, 1.54) is 5.56 Å². The molecule has 0 saturated heterocycles. The molecule has 0 heterocycles. The molecule has 0 fully saturated rings. The van der Waals surface area contributed by atoms with E-state index in [0.717, 1.165) is 22.7 Å². The van der Waals surface area contributed by atoms with Gasteiger partial charge in [0, 0.05) is 12.1 Å². The van der Waals surface area contributed by atoms with Crippen LogP contribution in [-0.2, 0) is 4.79 Å². The Balaban J connectivity index is 1.56. The molecule has 132 valence electrons. The fourth-order valence-electron chi connectivity index (χ4n) is 2.81. The van der Waals surface area contributed by atoms with Gasteiger partial charge in [-0.25, -0.2) is 0 Å². The van der Waals surface area contributed by atoms with Gasteiger partial charge in [0.1, 0.15) is 11.5 Å². The lowest BCUT2D eigenvalue weighted by Crippen LogP contribution is -2.14. The third-order valence-corrected chi connectivity index (χ3v) is 4.22. The van der Waals surface area contributed by atoms with E-state index in [-0.39, 0.29) is 11.8 Å². The second kappa shape index (κ2) is 8.34. The molecule has 1 atom stereocenters. The van der Waals surface area contributed by atoms with Gasteiger partial charge in [-0.3, -0.25) is 4.79 Å². The lowest BCUT2D eigenvalue weighted by molar-refractivity contribution is -0.116. The molecule has 0 bridgehead atoms. The van der Waals surface area contributed by atoms with Crippen LogP contribution in [0.25, 0.3) is 0 Å². The summed E-state index contributed by atoms with van der Waals surface area (Å²) in [6.07, 6.45) is 0.450. The summed E-state index contributed by atoms with van der Waals surface area (Å²) in [7, 11) is 0. The first-order chi connectivity index (χ1) is 12.6. The average molecular weight is 345 g/mol. The number of amides is 1. The molecule has 3 nitrogen and oxygen atoms in total. The first-order valence-electron chi connectivity index (χ1n) is 8.79. The van der Waals surface area contributed by atoms with E-state index in [1.54, 1.807) is 0 Å². The van der Waals surface area contributed by atoms with Crippen LogP contribution in [0, 0.1) is 6.92 Å². The van der Waals surface area contributed by atoms with Gasteiger partial charge in [-0.05, 0) is 60.4 Å². The number of nitrogens with one attached hydrogen (secondary N) is 1. The highest BCUT2D eigenvalue weighted by Crippen LogP contribution is 2.24. The van der Waals surface area contributed by atoms with Crippen LogP contribution in [0.5, 0.6) is 11.5 Å². The van der Waals surface area contributed by atoms with Crippen molar-refractivity contribution >= 4 is 11.6 Å². The molecule has 3 rings (SSSR count). The summed E-state index contributed by atoms with van der Waals surface area (Å²) in [5.41, 5.74) is 3.09. The predicted molar refractivity (Wildman–Crippen MR) is 106 cm³/mol. The fraction of sp³-hybridized carbons (Fsp3) is 0.174. The summed E-state index contributed by atoms with van der Waals surface area (Å²) in [5.74, 6) is 1.73. The molecule has 0 aliphatic heterocycles. The fourth-order valence-corrected chi connectivity index (χ4v) is 2.81. The molecule has 26 heavy (non-hydrogen) atoms. The number of benzene rings is 3. The third-order valence-electron chi connectivity index (χ3n) is 4.22. The quantitative estimate of drug-likeness (QED) is 0.602. The standard InChI is InChI=1S/C23H23NO2/c1-17-7-6-10-22(15-17)26-21-13-11-20(12-14-21)24-23(25)16-18(2)19-8-4-3-5-9-19/h3-15,18H,16H2,1-2H3,(H,24,25)/t18-/m1/s1. The summed E-state index contributed by atoms with van der Waals surface area (Å²) in [5, 5.41) is 2.95. The number of aryl methyl sites for hydroxylation is 1. The minimum absolute atomic E-state index is 0.00806. The van der Waals surface area contributed by atoms with Gasteiger partial charge in [0.05, 0.1) is 0 Å². The molecule has 3 aromatic rings. The molecule has 0 aliphatic rings. The van der Waals surface area contributed by atoms with Crippen molar-refractivity contribution in [2.75, 3.05) is 5.32 Å². The van der Waals surface area contributed by atoms with E-state index in [0.29, 0.717) is 6.42 Å². The Kier molecular flexibility index (Phi) is 5.69. The van der Waals surface area contributed by atoms with Crippen LogP contribution in [0.1, 0.15) is 30.4 Å². The van der Waals surface area contributed by atoms with Crippen molar-refractivity contribution in [3.63, 3.8) is 0 Å². The molecule has 0 aliphatic carbocycles. The van der Waals surface area contributed by atoms with Gasteiger partial charge in [-0.2, -0.15) is 0 Å². The molecule has 0 aromatic heterocycles. The largest absolute Gasteiger partial charge is 0.457 e. The van der Waals surface area contributed by atoms with Crippen LogP contribution in [0.3, 0.4) is 0 Å². The maximum atomic E-state index is 12.3. The van der Waals surface area contributed by atoms with Crippen LogP contribution < -0.4 is 10.1 Å². The number of anilines is 1. The van der Waals surface area contributed by atoms with Crippen LogP contribution >= 0.6 is 0 Å². The van der Waals surface area contributed by atoms with Gasteiger partial charge >= 0.3 is 0 Å². The molecule has 0 unspecified atom stereocenters. The van der Waals surface area contributed by atoms with Crippen molar-refractivity contribution in [1.29, 1.82) is 0 Å². The second-order valence-corrected chi connectivity index (χ2v) is 6.51. The van der Waals surface area contributed by atoms with E-state index >= 15 is 0 Å². The average Bonchev–Trinajstić information content (AvgIpc) is 2.64. The first kappa shape index (κ1) is 17.7. The number of rotatable bonds is 6. The van der Waals surface area contributed by atoms with Crippen molar-refractivity contribution < 1.29 is 9.53 Å². The van der Waals surface area contributed by atoms with E-state index in [1.807, 2.05) is 73.7 Å². The predicted octanol–water partition coefficient (Wildman–Crippen LogP) is 5.92. The molecule has 0 saturated carbocycles. The molecular weight excluding hydrogens is 322 g/mol. The number of ether oxygens (including phenoxy) is 1. The highest BCUT2D eigenvalue weighted by molar-refractivity contribution is 5.91. The SMILES string of the molecule is Cc1cccc(Oc2ccc(NC(=O)C[C@@H](C)c3ccccc3)cc2)c1. The Morgan fingerprint density at radius 3 is 2.35 bits per heavy atom. The van der Waals surface area contributed by atoms with Crippen molar-refractivity contribution in [1.82, 2.24) is 0 Å². The maximum Gasteiger partial charge on any atom is 0.224 e. The lowest BCUT2D eigenvalue weighted by atomic mass is 9.97. The summed E-state index contributed by atoms with van der Waals surface area (Å²) < 4.78 is 5.83. The zero-order valence-corrected chi connectivity index (χ0v) is 15.1. The monoisotopic (exact) mass is 345 g/mol. The summed E-state index contributed by atoms with van der Waals surface area (Å²) in [6.45, 7) is 4.09. The normalized spacial score (nSPS) is 11.6. The van der Waals surface area contributed by atoms with E-state index < -0.39 is 0 Å². The van der Waals surface area contributed by atoms with Crippen molar-refractivity contribution in [2.45, 2.75) is 26.2 Å². The lowest BCUT2D eigenvalue weighted by Gasteiger charge is -2.12. The van der Waals surface area contributed by atoms with Gasteiger partial charge in [-0.15, -0.1) is 0 Å². The topological polar surface area (TPSA) is 38.3 Å². The highest BCUT2D eigenvalue weighted by Gasteiger charge is 2.11. The zero-order chi connectivity index (χ0) is 18.4. The highest BCUT2D eigenvalue weighted by atomic mass is 16.5. The minimum atomic E-state index is 0.00806. The Morgan fingerprint density at radius 2 is 1.65 bits per heavy atom. The van der Waals surface area contributed by atoms with Gasteiger partial charge in [0.2, 0.25) is 5.91 Å². The molecule has 3 aromatic carbocycles. The van der Waals surface area contributed by atoms with Crippen molar-refractivity contribution in [2.24, 2.45) is 0 Å². The van der Waals surface area contributed by atoms with Crippen molar-refractivity contribution in [3.05, 3.63) is 90.0 Å². The number of hydrogen-bond donors (Lipinski definition) is 1. The van der Waals surface area contributed by atoms with Crippen LogP contribution in [0.4, 0.5) is 5.69 Å². The maximum absolute atomic E-state index is 12.3. The smallest absolute Gasteiger partial charge is 0.224 e. The number of hydrogen-bond acceptors (Lipinski definition) is 2. The van der Waals surface area contributed by atoms with Crippen LogP contribution in [0.2, 0.25) is 0 Å². The van der Waals surface area contributed by atoms with Gasteiger partial charge in [0.25, 0.3) is 0 Å². The molecule has 0 radical (unpaired) electrons. The molecular formula is C23H23NO2. The summed E-state index contributed by atoms with van der Waals surface area (Å²) in [4.78, 5) is 12.3. The summed E-state index contributed by atoms with van der Waals surface area (Å²) in [6, 6.07) is 25.4. The van der Waals surface area contributed by atoms with E-state index in [4.69, 9.17) is 4.74 Å². The van der Waals surface area contributed by atoms with Crippen LogP contribution in [-0.4, -0.2) is 5.91 Å². The Hall–Kier alpha value is -3.07. The zero-order valence-electron chi connectivity index (χ0n) is 15.1. The van der Waals surface area contributed by atoms with Crippen molar-refractivity contribution in [3.8, 4) is 11.5 Å². The second-order valence-electron chi connectivity index (χ2n) is 6.51. The number of carbonyl (C=O) groups is 1. The molecule has 1 amide bonds. The minimum Gasteiger partial charge on any atom is -0.457 e. The Labute approximate surface area is 154 Å². The summed E-state index contributed by atoms with van der Waals surface area (Å²) >= 11 is 0. The van der Waals surface area contributed by atoms with E-state index in [2.05, 4.69) is 24.4 Å². The van der Waals surface area contributed by atoms with E-state index in [9.17, 15) is 4.79 Å². The number of carbonyl (C=O) groups excluding carboxylic acids is 1. The molecule has 0 spiro atoms. The first-order valence-corrected chi connectivity index (χ1v) is 8.79. The van der Waals surface area contributed by atoms with Crippen LogP contribution in [0.15, 0.2) is 78.9 Å². The van der Waals surface area contributed by atoms with Gasteiger partial charge < -0.3 is 10.1 Å².